The molecule has 0 fully saturated rings. The zero-order valence-corrected chi connectivity index (χ0v) is 13.0. The second kappa shape index (κ2) is 5.72. The van der Waals surface area contributed by atoms with E-state index < -0.39 is 0 Å². The van der Waals surface area contributed by atoms with E-state index >= 15 is 0 Å². The highest BCUT2D eigenvalue weighted by molar-refractivity contribution is 5.86. The molecule has 0 bridgehead atoms. The van der Waals surface area contributed by atoms with Gasteiger partial charge in [-0.2, -0.15) is 5.10 Å². The van der Waals surface area contributed by atoms with Gasteiger partial charge in [0.15, 0.2) is 0 Å². The second-order valence-corrected chi connectivity index (χ2v) is 6.23. The molecule has 0 saturated carbocycles. The van der Waals surface area contributed by atoms with E-state index in [-0.39, 0.29) is 0 Å². The summed E-state index contributed by atoms with van der Waals surface area (Å²) < 4.78 is 2.01. The van der Waals surface area contributed by atoms with E-state index in [4.69, 9.17) is 0 Å². The van der Waals surface area contributed by atoms with Gasteiger partial charge in [0.1, 0.15) is 0 Å². The lowest BCUT2D eigenvalue weighted by atomic mass is 9.97. The van der Waals surface area contributed by atoms with E-state index in [1.54, 1.807) is 0 Å². The van der Waals surface area contributed by atoms with Crippen LogP contribution in [-0.4, -0.2) is 9.78 Å². The maximum absolute atomic E-state index is 4.50. The smallest absolute Gasteiger partial charge is 0.0665 e. The first-order chi connectivity index (χ1) is 10.1. The monoisotopic (exact) mass is 278 g/mol. The Balaban J connectivity index is 2.00. The number of hydrogen-bond donors (Lipinski definition) is 0. The van der Waals surface area contributed by atoms with Gasteiger partial charge in [-0.15, -0.1) is 0 Å². The third kappa shape index (κ3) is 3.15. The molecule has 3 rings (SSSR count). The molecular formula is C19H22N2. The van der Waals surface area contributed by atoms with Gasteiger partial charge in [-0.1, -0.05) is 50.2 Å². The van der Waals surface area contributed by atoms with E-state index in [9.17, 15) is 0 Å². The van der Waals surface area contributed by atoms with Crippen molar-refractivity contribution in [2.24, 2.45) is 5.92 Å². The van der Waals surface area contributed by atoms with Crippen LogP contribution < -0.4 is 0 Å². The van der Waals surface area contributed by atoms with Crippen LogP contribution in [0.2, 0.25) is 0 Å². The second-order valence-electron chi connectivity index (χ2n) is 6.23. The summed E-state index contributed by atoms with van der Waals surface area (Å²) in [5.74, 6) is 0.684. The van der Waals surface area contributed by atoms with Crippen molar-refractivity contribution in [3.05, 3.63) is 65.5 Å². The van der Waals surface area contributed by atoms with Crippen molar-refractivity contribution in [1.29, 1.82) is 0 Å². The molecule has 0 aliphatic rings. The molecule has 2 heteroatoms. The van der Waals surface area contributed by atoms with Crippen LogP contribution in [0.5, 0.6) is 0 Å². The molecule has 2 nitrogen and oxygen atoms in total. The van der Waals surface area contributed by atoms with Crippen molar-refractivity contribution in [2.75, 3.05) is 0 Å². The average Bonchev–Trinajstić information content (AvgIpc) is 2.84. The molecule has 0 amide bonds. The summed E-state index contributed by atoms with van der Waals surface area (Å²) in [5, 5.41) is 7.16. The number of aryl methyl sites for hydroxylation is 1. The fourth-order valence-electron chi connectivity index (χ4n) is 2.85. The predicted molar refractivity (Wildman–Crippen MR) is 88.6 cm³/mol. The Labute approximate surface area is 126 Å². The SMILES string of the molecule is Cc1ccn(Cc2cccc3ccc(CC(C)C)cc23)n1. The molecule has 108 valence electrons. The highest BCUT2D eigenvalue weighted by atomic mass is 15.3. The molecule has 0 radical (unpaired) electrons. The largest absolute Gasteiger partial charge is 0.268 e. The van der Waals surface area contributed by atoms with Crippen LogP contribution >= 0.6 is 0 Å². The van der Waals surface area contributed by atoms with Crippen LogP contribution in [0.1, 0.15) is 30.7 Å². The lowest BCUT2D eigenvalue weighted by molar-refractivity contribution is 0.647. The summed E-state index contributed by atoms with van der Waals surface area (Å²) in [6.07, 6.45) is 3.18. The van der Waals surface area contributed by atoms with Crippen molar-refractivity contribution in [2.45, 2.75) is 33.7 Å². The van der Waals surface area contributed by atoms with E-state index in [1.165, 1.54) is 21.9 Å². The summed E-state index contributed by atoms with van der Waals surface area (Å²) in [7, 11) is 0. The van der Waals surface area contributed by atoms with Crippen LogP contribution in [-0.2, 0) is 13.0 Å². The minimum Gasteiger partial charge on any atom is -0.268 e. The third-order valence-corrected chi connectivity index (χ3v) is 3.79. The summed E-state index contributed by atoms with van der Waals surface area (Å²) in [4.78, 5) is 0. The van der Waals surface area contributed by atoms with Gasteiger partial charge >= 0.3 is 0 Å². The molecule has 0 aliphatic heterocycles. The molecule has 0 atom stereocenters. The summed E-state index contributed by atoms with van der Waals surface area (Å²) in [6, 6.07) is 15.4. The van der Waals surface area contributed by atoms with E-state index in [0.717, 1.165) is 18.7 Å². The molecule has 21 heavy (non-hydrogen) atoms. The van der Waals surface area contributed by atoms with Crippen LogP contribution in [0.15, 0.2) is 48.7 Å². The fourth-order valence-corrected chi connectivity index (χ4v) is 2.85. The Morgan fingerprint density at radius 2 is 1.95 bits per heavy atom. The Kier molecular flexibility index (Phi) is 3.78. The average molecular weight is 278 g/mol. The first kappa shape index (κ1) is 13.9. The zero-order valence-electron chi connectivity index (χ0n) is 13.0. The number of hydrogen-bond acceptors (Lipinski definition) is 1. The fraction of sp³-hybridized carbons (Fsp3) is 0.316. The molecule has 1 aromatic heterocycles. The Hall–Kier alpha value is -2.09. The number of nitrogens with zero attached hydrogens (tertiary/aromatic N) is 2. The molecule has 2 aromatic carbocycles. The lowest BCUT2D eigenvalue weighted by Gasteiger charge is -2.10. The summed E-state index contributed by atoms with van der Waals surface area (Å²) in [5.41, 5.74) is 3.82. The topological polar surface area (TPSA) is 17.8 Å². The molecule has 0 aliphatic carbocycles. The third-order valence-electron chi connectivity index (χ3n) is 3.79. The van der Waals surface area contributed by atoms with Gasteiger partial charge in [0, 0.05) is 6.20 Å². The van der Waals surface area contributed by atoms with Gasteiger partial charge in [0.2, 0.25) is 0 Å². The normalized spacial score (nSPS) is 11.4. The molecule has 0 N–H and O–H groups in total. The Morgan fingerprint density at radius 1 is 1.10 bits per heavy atom. The van der Waals surface area contributed by atoms with Crippen molar-refractivity contribution in [3.63, 3.8) is 0 Å². The van der Waals surface area contributed by atoms with Crippen LogP contribution in [0, 0.1) is 12.8 Å². The van der Waals surface area contributed by atoms with Gasteiger partial charge in [-0.25, -0.2) is 0 Å². The maximum atomic E-state index is 4.50. The van der Waals surface area contributed by atoms with Crippen molar-refractivity contribution < 1.29 is 0 Å². The van der Waals surface area contributed by atoms with Gasteiger partial charge in [0.05, 0.1) is 12.2 Å². The van der Waals surface area contributed by atoms with Crippen LogP contribution in [0.25, 0.3) is 10.8 Å². The quantitative estimate of drug-likeness (QED) is 0.682. The summed E-state index contributed by atoms with van der Waals surface area (Å²) in [6.45, 7) is 7.39. The molecule has 0 spiro atoms. The minimum atomic E-state index is 0.684. The number of benzene rings is 2. The standard InChI is InChI=1S/C19H22N2/c1-14(2)11-16-7-8-17-5-4-6-18(19(17)12-16)13-21-10-9-15(3)20-21/h4-10,12,14H,11,13H2,1-3H3. The van der Waals surface area contributed by atoms with E-state index in [1.807, 2.05) is 17.8 Å². The van der Waals surface area contributed by atoms with Crippen LogP contribution in [0.3, 0.4) is 0 Å². The van der Waals surface area contributed by atoms with E-state index in [0.29, 0.717) is 5.92 Å². The highest BCUT2D eigenvalue weighted by Crippen LogP contribution is 2.22. The molecule has 0 unspecified atom stereocenters. The highest BCUT2D eigenvalue weighted by Gasteiger charge is 2.05. The van der Waals surface area contributed by atoms with Crippen molar-refractivity contribution in [1.82, 2.24) is 9.78 Å². The Morgan fingerprint density at radius 3 is 2.67 bits per heavy atom. The molecular weight excluding hydrogens is 256 g/mol. The minimum absolute atomic E-state index is 0.684. The van der Waals surface area contributed by atoms with Gasteiger partial charge in [0.25, 0.3) is 0 Å². The molecule has 3 aromatic rings. The zero-order chi connectivity index (χ0) is 14.8. The van der Waals surface area contributed by atoms with Crippen LogP contribution in [0.4, 0.5) is 0 Å². The first-order valence-corrected chi connectivity index (χ1v) is 7.62. The van der Waals surface area contributed by atoms with Crippen molar-refractivity contribution in [3.8, 4) is 0 Å². The Bertz CT molecular complexity index is 753. The maximum Gasteiger partial charge on any atom is 0.0665 e. The van der Waals surface area contributed by atoms with Gasteiger partial charge in [-0.3, -0.25) is 4.68 Å². The summed E-state index contributed by atoms with van der Waals surface area (Å²) >= 11 is 0. The predicted octanol–water partition coefficient (Wildman–Crippen LogP) is 4.59. The number of fused-ring (bicyclic) bond motifs is 1. The molecule has 0 saturated heterocycles. The van der Waals surface area contributed by atoms with Gasteiger partial charge in [-0.05, 0) is 47.2 Å². The number of aromatic nitrogens is 2. The van der Waals surface area contributed by atoms with Gasteiger partial charge < -0.3 is 0 Å². The van der Waals surface area contributed by atoms with Crippen molar-refractivity contribution >= 4 is 10.8 Å². The molecule has 1 heterocycles. The van der Waals surface area contributed by atoms with E-state index in [2.05, 4.69) is 61.4 Å². The number of rotatable bonds is 4. The lowest BCUT2D eigenvalue weighted by Crippen LogP contribution is -2.01. The first-order valence-electron chi connectivity index (χ1n) is 7.62.